The van der Waals surface area contributed by atoms with Crippen LogP contribution in [0.3, 0.4) is 0 Å². The Labute approximate surface area is 141 Å². The van der Waals surface area contributed by atoms with Gasteiger partial charge in [0.15, 0.2) is 0 Å². The predicted molar refractivity (Wildman–Crippen MR) is 94.0 cm³/mol. The summed E-state index contributed by atoms with van der Waals surface area (Å²) in [4.78, 5) is 0. The second-order valence-corrected chi connectivity index (χ2v) is 9.01. The zero-order valence-electron chi connectivity index (χ0n) is 15.4. The zero-order valence-corrected chi connectivity index (χ0v) is 15.4. The van der Waals surface area contributed by atoms with E-state index in [2.05, 4.69) is 34.3 Å². The average Bonchev–Trinajstić information content (AvgIpc) is 2.47. The van der Waals surface area contributed by atoms with Gasteiger partial charge >= 0.3 is 0 Å². The molecular weight excluding hydrogens is 288 g/mol. The SMILES string of the molecule is C=C1C(O)CC2C(C)(C)C(O)CCC2(C)C1CCC(C)CCO. The second-order valence-electron chi connectivity index (χ2n) is 9.01. The van der Waals surface area contributed by atoms with Crippen LogP contribution in [0.5, 0.6) is 0 Å². The number of aliphatic hydroxyl groups is 3. The molecule has 0 aromatic heterocycles. The number of hydrogen-bond acceptors (Lipinski definition) is 3. The normalized spacial score (nSPS) is 41.4. The first-order valence-electron chi connectivity index (χ1n) is 9.30. The monoisotopic (exact) mass is 324 g/mol. The summed E-state index contributed by atoms with van der Waals surface area (Å²) >= 11 is 0. The van der Waals surface area contributed by atoms with Crippen LogP contribution < -0.4 is 0 Å². The summed E-state index contributed by atoms with van der Waals surface area (Å²) in [6, 6.07) is 0. The van der Waals surface area contributed by atoms with Crippen LogP contribution in [-0.2, 0) is 0 Å². The number of rotatable bonds is 5. The molecule has 0 amide bonds. The van der Waals surface area contributed by atoms with Crippen molar-refractivity contribution in [2.45, 2.75) is 78.4 Å². The predicted octanol–water partition coefficient (Wildman–Crippen LogP) is 3.53. The molecule has 2 fully saturated rings. The summed E-state index contributed by atoms with van der Waals surface area (Å²) in [6.45, 7) is 13.3. The molecule has 0 saturated heterocycles. The molecule has 6 atom stereocenters. The summed E-state index contributed by atoms with van der Waals surface area (Å²) < 4.78 is 0. The van der Waals surface area contributed by atoms with Crippen molar-refractivity contribution in [1.29, 1.82) is 0 Å². The lowest BCUT2D eigenvalue weighted by atomic mass is 9.46. The quantitative estimate of drug-likeness (QED) is 0.678. The number of hydrogen-bond donors (Lipinski definition) is 3. The van der Waals surface area contributed by atoms with Crippen LogP contribution in [-0.4, -0.2) is 34.1 Å². The van der Waals surface area contributed by atoms with Crippen molar-refractivity contribution >= 4 is 0 Å². The molecule has 2 aliphatic carbocycles. The molecule has 0 heterocycles. The van der Waals surface area contributed by atoms with E-state index in [4.69, 9.17) is 5.11 Å². The standard InChI is InChI=1S/C20H36O3/c1-13(9-11-21)6-7-15-14(2)16(22)12-17-19(3,4)18(23)8-10-20(15,17)5/h13,15-18,21-23H,2,6-12H2,1,3-5H3. The Hall–Kier alpha value is -0.380. The summed E-state index contributed by atoms with van der Waals surface area (Å²) in [5.74, 6) is 1.12. The van der Waals surface area contributed by atoms with E-state index in [9.17, 15) is 10.2 Å². The molecule has 3 heteroatoms. The van der Waals surface area contributed by atoms with Gasteiger partial charge in [-0.25, -0.2) is 0 Å². The molecule has 3 nitrogen and oxygen atoms in total. The van der Waals surface area contributed by atoms with E-state index in [0.717, 1.165) is 44.1 Å². The Morgan fingerprint density at radius 1 is 1.22 bits per heavy atom. The van der Waals surface area contributed by atoms with Gasteiger partial charge in [0.1, 0.15) is 0 Å². The second kappa shape index (κ2) is 6.85. The molecule has 0 aliphatic heterocycles. The van der Waals surface area contributed by atoms with Crippen LogP contribution in [0, 0.1) is 28.6 Å². The maximum absolute atomic E-state index is 10.6. The van der Waals surface area contributed by atoms with E-state index >= 15 is 0 Å². The summed E-state index contributed by atoms with van der Waals surface area (Å²) in [7, 11) is 0. The number of fused-ring (bicyclic) bond motifs is 1. The van der Waals surface area contributed by atoms with Gasteiger partial charge < -0.3 is 15.3 Å². The summed E-state index contributed by atoms with van der Waals surface area (Å²) in [6.07, 6.45) is 4.76. The highest BCUT2D eigenvalue weighted by atomic mass is 16.3. The fourth-order valence-electron chi connectivity index (χ4n) is 5.43. The Balaban J connectivity index is 2.23. The van der Waals surface area contributed by atoms with Crippen molar-refractivity contribution in [3.8, 4) is 0 Å². The van der Waals surface area contributed by atoms with Gasteiger partial charge in [-0.1, -0.05) is 40.7 Å². The van der Waals surface area contributed by atoms with Crippen molar-refractivity contribution in [1.82, 2.24) is 0 Å². The van der Waals surface area contributed by atoms with E-state index < -0.39 is 6.10 Å². The highest BCUT2D eigenvalue weighted by Gasteiger charge is 2.57. The van der Waals surface area contributed by atoms with E-state index in [0.29, 0.717) is 17.8 Å². The first-order valence-corrected chi connectivity index (χ1v) is 9.30. The van der Waals surface area contributed by atoms with Crippen LogP contribution in [0.2, 0.25) is 0 Å². The largest absolute Gasteiger partial charge is 0.396 e. The molecule has 0 bridgehead atoms. The van der Waals surface area contributed by atoms with E-state index in [1.807, 2.05) is 0 Å². The first kappa shape index (κ1) is 19.0. The molecule has 0 aromatic carbocycles. The molecule has 0 radical (unpaired) electrons. The van der Waals surface area contributed by atoms with Gasteiger partial charge in [-0.15, -0.1) is 0 Å². The maximum Gasteiger partial charge on any atom is 0.0753 e. The smallest absolute Gasteiger partial charge is 0.0753 e. The maximum atomic E-state index is 10.6. The van der Waals surface area contributed by atoms with Crippen molar-refractivity contribution in [2.24, 2.45) is 28.6 Å². The molecule has 3 N–H and O–H groups in total. The molecule has 0 spiro atoms. The molecule has 23 heavy (non-hydrogen) atoms. The topological polar surface area (TPSA) is 60.7 Å². The molecule has 6 unspecified atom stereocenters. The minimum atomic E-state index is -0.448. The van der Waals surface area contributed by atoms with Gasteiger partial charge in [-0.05, 0) is 66.3 Å². The lowest BCUT2D eigenvalue weighted by Gasteiger charge is -2.60. The van der Waals surface area contributed by atoms with E-state index in [-0.39, 0.29) is 23.5 Å². The summed E-state index contributed by atoms with van der Waals surface area (Å²) in [5, 5.41) is 30.2. The zero-order chi connectivity index (χ0) is 17.4. The number of aliphatic hydroxyl groups excluding tert-OH is 3. The average molecular weight is 325 g/mol. The van der Waals surface area contributed by atoms with Gasteiger partial charge in [0, 0.05) is 6.61 Å². The molecule has 134 valence electrons. The van der Waals surface area contributed by atoms with Crippen molar-refractivity contribution < 1.29 is 15.3 Å². The van der Waals surface area contributed by atoms with Gasteiger partial charge in [-0.3, -0.25) is 0 Å². The Bertz CT molecular complexity index is 431. The molecule has 2 aliphatic rings. The van der Waals surface area contributed by atoms with E-state index in [1.165, 1.54) is 0 Å². The van der Waals surface area contributed by atoms with Crippen LogP contribution in [0.1, 0.15) is 66.2 Å². The van der Waals surface area contributed by atoms with Gasteiger partial charge in [-0.2, -0.15) is 0 Å². The molecule has 2 rings (SSSR count). The fourth-order valence-corrected chi connectivity index (χ4v) is 5.43. The Morgan fingerprint density at radius 3 is 2.48 bits per heavy atom. The minimum absolute atomic E-state index is 0.109. The highest BCUT2D eigenvalue weighted by molar-refractivity contribution is 5.20. The van der Waals surface area contributed by atoms with Crippen LogP contribution in [0.4, 0.5) is 0 Å². The fraction of sp³-hybridized carbons (Fsp3) is 0.900. The third kappa shape index (κ3) is 3.38. The van der Waals surface area contributed by atoms with E-state index in [1.54, 1.807) is 0 Å². The van der Waals surface area contributed by atoms with Crippen molar-refractivity contribution in [3.05, 3.63) is 12.2 Å². The van der Waals surface area contributed by atoms with Gasteiger partial charge in [0.05, 0.1) is 12.2 Å². The lowest BCUT2D eigenvalue weighted by molar-refractivity contribution is -0.141. The minimum Gasteiger partial charge on any atom is -0.396 e. The van der Waals surface area contributed by atoms with Crippen LogP contribution in [0.25, 0.3) is 0 Å². The molecule has 0 aromatic rings. The van der Waals surface area contributed by atoms with Crippen LogP contribution >= 0.6 is 0 Å². The van der Waals surface area contributed by atoms with Crippen LogP contribution in [0.15, 0.2) is 12.2 Å². The Kier molecular flexibility index (Phi) is 5.65. The highest BCUT2D eigenvalue weighted by Crippen LogP contribution is 2.61. The summed E-state index contributed by atoms with van der Waals surface area (Å²) in [5.41, 5.74) is 0.939. The molecule has 2 saturated carbocycles. The Morgan fingerprint density at radius 2 is 1.87 bits per heavy atom. The van der Waals surface area contributed by atoms with Crippen molar-refractivity contribution in [2.75, 3.05) is 6.61 Å². The lowest BCUT2D eigenvalue weighted by Crippen LogP contribution is -2.57. The third-order valence-electron chi connectivity index (χ3n) is 7.21. The molecular formula is C20H36O3. The third-order valence-corrected chi connectivity index (χ3v) is 7.21. The van der Waals surface area contributed by atoms with Gasteiger partial charge in [0.25, 0.3) is 0 Å². The van der Waals surface area contributed by atoms with Crippen molar-refractivity contribution in [3.63, 3.8) is 0 Å². The first-order chi connectivity index (χ1) is 10.6. The van der Waals surface area contributed by atoms with Gasteiger partial charge in [0.2, 0.25) is 0 Å².